The van der Waals surface area contributed by atoms with Gasteiger partial charge >= 0.3 is 0 Å². The lowest BCUT2D eigenvalue weighted by molar-refractivity contribution is 0.259. The van der Waals surface area contributed by atoms with Crippen molar-refractivity contribution in [1.82, 2.24) is 9.62 Å². The highest BCUT2D eigenvalue weighted by atomic mass is 32.2. The van der Waals surface area contributed by atoms with Crippen molar-refractivity contribution in [2.45, 2.75) is 26.7 Å². The molecule has 0 bridgehead atoms. The van der Waals surface area contributed by atoms with E-state index < -0.39 is 10.0 Å². The standard InChI is InChI=1S/C10H22N2O2S/c1-10(2)4-7-12-6-3-9-15(13,14)11-5-8-12/h10-11H,3-9H2,1-2H3. The summed E-state index contributed by atoms with van der Waals surface area (Å²) in [6, 6.07) is 0. The molecule has 0 atom stereocenters. The Morgan fingerprint density at radius 1 is 1.33 bits per heavy atom. The van der Waals surface area contributed by atoms with Crippen LogP contribution in [-0.2, 0) is 10.0 Å². The Labute approximate surface area is 93.1 Å². The van der Waals surface area contributed by atoms with Crippen molar-refractivity contribution in [3.63, 3.8) is 0 Å². The van der Waals surface area contributed by atoms with Crippen LogP contribution in [0.4, 0.5) is 0 Å². The van der Waals surface area contributed by atoms with Crippen LogP contribution in [0.5, 0.6) is 0 Å². The Hall–Kier alpha value is -0.130. The van der Waals surface area contributed by atoms with Gasteiger partial charge in [-0.3, -0.25) is 0 Å². The van der Waals surface area contributed by atoms with Gasteiger partial charge in [0.05, 0.1) is 5.75 Å². The molecule has 4 nitrogen and oxygen atoms in total. The number of nitrogens with zero attached hydrogens (tertiary/aromatic N) is 1. The van der Waals surface area contributed by atoms with Crippen LogP contribution in [0.25, 0.3) is 0 Å². The van der Waals surface area contributed by atoms with Gasteiger partial charge < -0.3 is 4.90 Å². The van der Waals surface area contributed by atoms with Gasteiger partial charge in [-0.15, -0.1) is 0 Å². The minimum absolute atomic E-state index is 0.269. The van der Waals surface area contributed by atoms with E-state index >= 15 is 0 Å². The van der Waals surface area contributed by atoms with Gasteiger partial charge in [0.15, 0.2) is 0 Å². The summed E-state index contributed by atoms with van der Waals surface area (Å²) in [7, 11) is -2.97. The number of sulfonamides is 1. The number of hydrogen-bond donors (Lipinski definition) is 1. The molecule has 0 radical (unpaired) electrons. The van der Waals surface area contributed by atoms with E-state index in [2.05, 4.69) is 23.5 Å². The topological polar surface area (TPSA) is 49.4 Å². The molecule has 1 N–H and O–H groups in total. The summed E-state index contributed by atoms with van der Waals surface area (Å²) in [5.74, 6) is 0.984. The molecule has 5 heteroatoms. The van der Waals surface area contributed by atoms with Crippen molar-refractivity contribution in [2.24, 2.45) is 5.92 Å². The van der Waals surface area contributed by atoms with Crippen LogP contribution < -0.4 is 4.72 Å². The molecule has 0 saturated carbocycles. The first-order valence-electron chi connectivity index (χ1n) is 5.69. The smallest absolute Gasteiger partial charge is 0.211 e. The summed E-state index contributed by atoms with van der Waals surface area (Å²) in [4.78, 5) is 2.35. The van der Waals surface area contributed by atoms with Crippen molar-refractivity contribution in [1.29, 1.82) is 0 Å². The monoisotopic (exact) mass is 234 g/mol. The van der Waals surface area contributed by atoms with Gasteiger partial charge in [0.1, 0.15) is 0 Å². The van der Waals surface area contributed by atoms with Crippen molar-refractivity contribution in [2.75, 3.05) is 31.9 Å². The maximum atomic E-state index is 11.3. The lowest BCUT2D eigenvalue weighted by Gasteiger charge is -2.25. The van der Waals surface area contributed by atoms with Gasteiger partial charge in [-0.05, 0) is 31.8 Å². The number of hydrogen-bond acceptors (Lipinski definition) is 3. The summed E-state index contributed by atoms with van der Waals surface area (Å²) in [6.07, 6.45) is 1.93. The second-order valence-corrected chi connectivity index (χ2v) is 6.52. The van der Waals surface area contributed by atoms with Crippen LogP contribution in [0.1, 0.15) is 26.7 Å². The van der Waals surface area contributed by atoms with Crippen LogP contribution in [0.15, 0.2) is 0 Å². The summed E-state index contributed by atoms with van der Waals surface area (Å²) in [6.45, 7) is 7.82. The summed E-state index contributed by atoms with van der Waals surface area (Å²) >= 11 is 0. The van der Waals surface area contributed by atoms with E-state index in [1.165, 1.54) is 6.42 Å². The van der Waals surface area contributed by atoms with Gasteiger partial charge in [0.25, 0.3) is 0 Å². The maximum Gasteiger partial charge on any atom is 0.211 e. The zero-order valence-corrected chi connectivity index (χ0v) is 10.5. The minimum atomic E-state index is -2.97. The molecule has 0 spiro atoms. The van der Waals surface area contributed by atoms with Crippen molar-refractivity contribution < 1.29 is 8.42 Å². The van der Waals surface area contributed by atoms with E-state index in [0.29, 0.717) is 12.5 Å². The Morgan fingerprint density at radius 2 is 2.07 bits per heavy atom. The third-order valence-electron chi connectivity index (χ3n) is 2.66. The predicted octanol–water partition coefficient (Wildman–Crippen LogP) is 0.658. The first-order chi connectivity index (χ1) is 6.99. The van der Waals surface area contributed by atoms with Gasteiger partial charge in [0, 0.05) is 13.1 Å². The zero-order chi connectivity index (χ0) is 11.3. The Kier molecular flexibility index (Phi) is 5.02. The third kappa shape index (κ3) is 5.49. The zero-order valence-electron chi connectivity index (χ0n) is 9.70. The maximum absolute atomic E-state index is 11.3. The van der Waals surface area contributed by atoms with Crippen LogP contribution in [-0.4, -0.2) is 45.2 Å². The number of rotatable bonds is 3. The average molecular weight is 234 g/mol. The first-order valence-corrected chi connectivity index (χ1v) is 7.34. The summed E-state index contributed by atoms with van der Waals surface area (Å²) in [5.41, 5.74) is 0. The number of nitrogens with one attached hydrogen (secondary N) is 1. The minimum Gasteiger partial charge on any atom is -0.302 e. The average Bonchev–Trinajstić information content (AvgIpc) is 2.09. The Bertz CT molecular complexity index is 259. The fraction of sp³-hybridized carbons (Fsp3) is 1.00. The normalized spacial score (nSPS) is 23.7. The molecule has 0 unspecified atom stereocenters. The molecule has 1 saturated heterocycles. The molecule has 0 aromatic carbocycles. The lowest BCUT2D eigenvalue weighted by atomic mass is 10.1. The van der Waals surface area contributed by atoms with Gasteiger partial charge in [-0.25, -0.2) is 13.1 Å². The molecule has 0 aromatic rings. The van der Waals surface area contributed by atoms with Crippen LogP contribution in [0.2, 0.25) is 0 Å². The molecule has 0 amide bonds. The summed E-state index contributed by atoms with van der Waals surface area (Å²) in [5, 5.41) is 0. The van der Waals surface area contributed by atoms with E-state index in [4.69, 9.17) is 0 Å². The molecule has 1 heterocycles. The van der Waals surface area contributed by atoms with E-state index in [1.54, 1.807) is 0 Å². The highest BCUT2D eigenvalue weighted by molar-refractivity contribution is 7.89. The van der Waals surface area contributed by atoms with Gasteiger partial charge in [-0.2, -0.15) is 0 Å². The quantitative estimate of drug-likeness (QED) is 0.780. The molecule has 90 valence electrons. The SMILES string of the molecule is CC(C)CCN1CCCS(=O)(=O)NCC1. The first kappa shape index (κ1) is 12.9. The Morgan fingerprint density at radius 3 is 2.73 bits per heavy atom. The van der Waals surface area contributed by atoms with Crippen LogP contribution in [0, 0.1) is 5.92 Å². The molecule has 0 aliphatic carbocycles. The molecule has 1 fully saturated rings. The van der Waals surface area contributed by atoms with E-state index in [9.17, 15) is 8.42 Å². The van der Waals surface area contributed by atoms with Gasteiger partial charge in [0.2, 0.25) is 10.0 Å². The molecular weight excluding hydrogens is 212 g/mol. The highest BCUT2D eigenvalue weighted by Crippen LogP contribution is 2.04. The fourth-order valence-corrected chi connectivity index (χ4v) is 2.74. The molecule has 1 aliphatic rings. The highest BCUT2D eigenvalue weighted by Gasteiger charge is 2.15. The van der Waals surface area contributed by atoms with Crippen LogP contribution >= 0.6 is 0 Å². The lowest BCUT2D eigenvalue weighted by Crippen LogP contribution is -2.40. The molecule has 1 aliphatic heterocycles. The largest absolute Gasteiger partial charge is 0.302 e. The second kappa shape index (κ2) is 5.82. The van der Waals surface area contributed by atoms with E-state index in [1.807, 2.05) is 0 Å². The van der Waals surface area contributed by atoms with Crippen molar-refractivity contribution >= 4 is 10.0 Å². The van der Waals surface area contributed by atoms with Crippen molar-refractivity contribution in [3.8, 4) is 0 Å². The van der Waals surface area contributed by atoms with Crippen molar-refractivity contribution in [3.05, 3.63) is 0 Å². The molecule has 1 rings (SSSR count). The van der Waals surface area contributed by atoms with Crippen LogP contribution in [0.3, 0.4) is 0 Å². The second-order valence-electron chi connectivity index (χ2n) is 4.59. The fourth-order valence-electron chi connectivity index (χ4n) is 1.69. The molecule has 15 heavy (non-hydrogen) atoms. The molecular formula is C10H22N2O2S. The molecule has 0 aromatic heterocycles. The third-order valence-corrected chi connectivity index (χ3v) is 4.13. The van der Waals surface area contributed by atoms with E-state index in [0.717, 1.165) is 26.1 Å². The van der Waals surface area contributed by atoms with Gasteiger partial charge in [-0.1, -0.05) is 13.8 Å². The van der Waals surface area contributed by atoms with E-state index in [-0.39, 0.29) is 5.75 Å². The Balaban J connectivity index is 2.32. The predicted molar refractivity (Wildman–Crippen MR) is 62.3 cm³/mol. The summed E-state index contributed by atoms with van der Waals surface area (Å²) < 4.78 is 25.1.